The minimum Gasteiger partial charge on any atom is -0.494 e. The molecule has 1 aromatic carbocycles. The average molecular weight is 309 g/mol. The molecule has 0 radical (unpaired) electrons. The van der Waals surface area contributed by atoms with E-state index in [-0.39, 0.29) is 12.3 Å². The summed E-state index contributed by atoms with van der Waals surface area (Å²) in [5.41, 5.74) is 0.296. The molecule has 0 spiro atoms. The van der Waals surface area contributed by atoms with Gasteiger partial charge in [-0.3, -0.25) is 9.69 Å². The predicted molar refractivity (Wildman–Crippen MR) is 73.8 cm³/mol. The summed E-state index contributed by atoms with van der Waals surface area (Å²) in [5, 5.41) is 16.9. The number of carboxylic acid groups (broad SMARTS) is 1. The second kappa shape index (κ2) is 6.52. The zero-order chi connectivity index (χ0) is 16.3. The quantitative estimate of drug-likeness (QED) is 0.870. The van der Waals surface area contributed by atoms with Gasteiger partial charge in [-0.2, -0.15) is 0 Å². The van der Waals surface area contributed by atoms with E-state index in [1.807, 2.05) is 0 Å². The standard InChI is InChI=1S/C14H16FN3O4/c1-8-16-17-12(22-8)7-18(2)13(14(19)20)9-4-5-11(21-3)10(15)6-9/h4-6,13H,7H2,1-3H3,(H,19,20)/t13-/m1/s1. The molecule has 2 rings (SSSR count). The highest BCUT2D eigenvalue weighted by Gasteiger charge is 2.27. The van der Waals surface area contributed by atoms with Crippen molar-refractivity contribution in [2.45, 2.75) is 19.5 Å². The Balaban J connectivity index is 2.25. The maximum atomic E-state index is 13.8. The third kappa shape index (κ3) is 3.40. The molecule has 7 nitrogen and oxygen atoms in total. The summed E-state index contributed by atoms with van der Waals surface area (Å²) in [6, 6.07) is 3.00. The number of likely N-dealkylation sites (N-methyl/N-ethyl adjacent to an activating group) is 1. The Morgan fingerprint density at radius 3 is 2.73 bits per heavy atom. The van der Waals surface area contributed by atoms with Crippen molar-refractivity contribution in [2.75, 3.05) is 14.2 Å². The zero-order valence-corrected chi connectivity index (χ0v) is 12.4. The molecule has 118 valence electrons. The molecule has 0 unspecified atom stereocenters. The van der Waals surface area contributed by atoms with Gasteiger partial charge in [0.05, 0.1) is 13.7 Å². The van der Waals surface area contributed by atoms with E-state index in [9.17, 15) is 14.3 Å². The fraction of sp³-hybridized carbons (Fsp3) is 0.357. The van der Waals surface area contributed by atoms with Crippen molar-refractivity contribution in [3.05, 3.63) is 41.4 Å². The van der Waals surface area contributed by atoms with E-state index in [2.05, 4.69) is 10.2 Å². The van der Waals surface area contributed by atoms with Gasteiger partial charge < -0.3 is 14.3 Å². The number of aromatic nitrogens is 2. The average Bonchev–Trinajstić information content (AvgIpc) is 2.84. The summed E-state index contributed by atoms with van der Waals surface area (Å²) in [7, 11) is 2.93. The van der Waals surface area contributed by atoms with Crippen molar-refractivity contribution in [2.24, 2.45) is 0 Å². The number of aryl methyl sites for hydroxylation is 1. The van der Waals surface area contributed by atoms with Crippen LogP contribution in [0.3, 0.4) is 0 Å². The highest BCUT2D eigenvalue weighted by Crippen LogP contribution is 2.26. The number of hydrogen-bond donors (Lipinski definition) is 1. The molecule has 1 heterocycles. The number of methoxy groups -OCH3 is 1. The van der Waals surface area contributed by atoms with Crippen molar-refractivity contribution in [3.8, 4) is 5.75 Å². The molecule has 0 saturated heterocycles. The van der Waals surface area contributed by atoms with Crippen LogP contribution in [0, 0.1) is 12.7 Å². The summed E-state index contributed by atoms with van der Waals surface area (Å²) >= 11 is 0. The molecule has 1 atom stereocenters. The van der Waals surface area contributed by atoms with Crippen molar-refractivity contribution >= 4 is 5.97 Å². The first-order chi connectivity index (χ1) is 10.4. The first-order valence-electron chi connectivity index (χ1n) is 6.48. The van der Waals surface area contributed by atoms with Gasteiger partial charge in [0.25, 0.3) is 0 Å². The lowest BCUT2D eigenvalue weighted by Crippen LogP contribution is -2.30. The molecule has 1 N–H and O–H groups in total. The molecule has 0 fully saturated rings. The Morgan fingerprint density at radius 1 is 1.50 bits per heavy atom. The maximum absolute atomic E-state index is 13.8. The lowest BCUT2D eigenvalue weighted by molar-refractivity contribution is -0.143. The highest BCUT2D eigenvalue weighted by atomic mass is 19.1. The number of carbonyl (C=O) groups is 1. The molecule has 2 aromatic rings. The van der Waals surface area contributed by atoms with E-state index in [1.54, 1.807) is 14.0 Å². The van der Waals surface area contributed by atoms with Crippen LogP contribution in [0.2, 0.25) is 0 Å². The number of rotatable bonds is 6. The molecule has 0 saturated carbocycles. The summed E-state index contributed by atoms with van der Waals surface area (Å²) in [6.07, 6.45) is 0. The van der Waals surface area contributed by atoms with Gasteiger partial charge in [0.15, 0.2) is 11.6 Å². The van der Waals surface area contributed by atoms with Crippen LogP contribution < -0.4 is 4.74 Å². The van der Waals surface area contributed by atoms with Gasteiger partial charge in [0, 0.05) is 6.92 Å². The first kappa shape index (κ1) is 15.9. The van der Waals surface area contributed by atoms with Gasteiger partial charge in [-0.1, -0.05) is 6.07 Å². The van der Waals surface area contributed by atoms with Gasteiger partial charge >= 0.3 is 5.97 Å². The largest absolute Gasteiger partial charge is 0.494 e. The first-order valence-corrected chi connectivity index (χ1v) is 6.48. The number of benzene rings is 1. The molecular formula is C14H16FN3O4. The van der Waals surface area contributed by atoms with Gasteiger partial charge in [0.2, 0.25) is 11.8 Å². The lowest BCUT2D eigenvalue weighted by atomic mass is 10.1. The summed E-state index contributed by atoms with van der Waals surface area (Å²) in [6.45, 7) is 1.77. The normalized spacial score (nSPS) is 12.4. The summed E-state index contributed by atoms with van der Waals surface area (Å²) in [5.74, 6) is -0.981. The van der Waals surface area contributed by atoms with Crippen molar-refractivity contribution in [1.82, 2.24) is 15.1 Å². The van der Waals surface area contributed by atoms with Gasteiger partial charge in [-0.05, 0) is 24.7 Å². The number of aliphatic carboxylic acids is 1. The lowest BCUT2D eigenvalue weighted by Gasteiger charge is -2.23. The van der Waals surface area contributed by atoms with E-state index >= 15 is 0 Å². The van der Waals surface area contributed by atoms with Crippen LogP contribution in [0.4, 0.5) is 4.39 Å². The van der Waals surface area contributed by atoms with Crippen molar-refractivity contribution in [1.29, 1.82) is 0 Å². The van der Waals surface area contributed by atoms with Crippen molar-refractivity contribution < 1.29 is 23.4 Å². The number of ether oxygens (including phenoxy) is 1. The Kier molecular flexibility index (Phi) is 4.71. The van der Waals surface area contributed by atoms with Gasteiger partial charge in [-0.15, -0.1) is 10.2 Å². The third-order valence-electron chi connectivity index (χ3n) is 3.12. The molecule has 22 heavy (non-hydrogen) atoms. The van der Waals surface area contributed by atoms with E-state index < -0.39 is 17.8 Å². The fourth-order valence-corrected chi connectivity index (χ4v) is 2.14. The summed E-state index contributed by atoms with van der Waals surface area (Å²) in [4.78, 5) is 13.0. The van der Waals surface area contributed by atoms with E-state index in [0.29, 0.717) is 17.3 Å². The van der Waals surface area contributed by atoms with Crippen LogP contribution in [0.5, 0.6) is 5.75 Å². The molecule has 0 bridgehead atoms. The topological polar surface area (TPSA) is 88.7 Å². The van der Waals surface area contributed by atoms with Crippen LogP contribution in [-0.4, -0.2) is 40.3 Å². The Morgan fingerprint density at radius 2 is 2.23 bits per heavy atom. The highest BCUT2D eigenvalue weighted by molar-refractivity contribution is 5.75. The molecule has 0 aliphatic carbocycles. The molecule has 0 aliphatic heterocycles. The van der Waals surface area contributed by atoms with Crippen LogP contribution in [0.15, 0.2) is 22.6 Å². The Bertz CT molecular complexity index is 674. The Hall–Kier alpha value is -2.48. The summed E-state index contributed by atoms with van der Waals surface area (Å²) < 4.78 is 23.8. The van der Waals surface area contributed by atoms with Gasteiger partial charge in [0.1, 0.15) is 6.04 Å². The van der Waals surface area contributed by atoms with Gasteiger partial charge in [-0.25, -0.2) is 4.39 Å². The Labute approximate surface area is 126 Å². The van der Waals surface area contributed by atoms with E-state index in [1.165, 1.54) is 24.1 Å². The molecule has 1 aromatic heterocycles. The number of nitrogens with zero attached hydrogens (tertiary/aromatic N) is 3. The SMILES string of the molecule is COc1ccc([C@H](C(=O)O)N(C)Cc2nnc(C)o2)cc1F. The minimum atomic E-state index is -1.11. The maximum Gasteiger partial charge on any atom is 0.325 e. The van der Waals surface area contributed by atoms with E-state index in [4.69, 9.17) is 9.15 Å². The molecular weight excluding hydrogens is 293 g/mol. The minimum absolute atomic E-state index is 0.0584. The molecule has 0 aliphatic rings. The number of halogens is 1. The zero-order valence-electron chi connectivity index (χ0n) is 12.4. The van der Waals surface area contributed by atoms with Crippen LogP contribution >= 0.6 is 0 Å². The fourth-order valence-electron chi connectivity index (χ4n) is 2.14. The van der Waals surface area contributed by atoms with Crippen LogP contribution in [0.1, 0.15) is 23.4 Å². The van der Waals surface area contributed by atoms with Crippen LogP contribution in [-0.2, 0) is 11.3 Å². The van der Waals surface area contributed by atoms with E-state index in [0.717, 1.165) is 6.07 Å². The molecule has 8 heteroatoms. The molecule has 0 amide bonds. The second-order valence-electron chi connectivity index (χ2n) is 4.76. The predicted octanol–water partition coefficient (Wildman–Crippen LogP) is 1.78. The monoisotopic (exact) mass is 309 g/mol. The smallest absolute Gasteiger partial charge is 0.325 e. The number of hydrogen-bond acceptors (Lipinski definition) is 6. The van der Waals surface area contributed by atoms with Crippen molar-refractivity contribution in [3.63, 3.8) is 0 Å². The third-order valence-corrected chi connectivity index (χ3v) is 3.12. The second-order valence-corrected chi connectivity index (χ2v) is 4.76. The van der Waals surface area contributed by atoms with Crippen LogP contribution in [0.25, 0.3) is 0 Å². The number of carboxylic acids is 1.